The first-order chi connectivity index (χ1) is 22.9. The van der Waals surface area contributed by atoms with Crippen molar-refractivity contribution in [3.8, 4) is 17.2 Å². The van der Waals surface area contributed by atoms with Crippen LogP contribution in [-0.4, -0.2) is 29.7 Å². The number of benzene rings is 4. The minimum Gasteiger partial charge on any atom is -0.497 e. The lowest BCUT2D eigenvalue weighted by atomic mass is 10.0. The zero-order valence-corrected chi connectivity index (χ0v) is 29.9. The van der Waals surface area contributed by atoms with E-state index in [4.69, 9.17) is 17.8 Å². The molecule has 0 saturated heterocycles. The van der Waals surface area contributed by atoms with Gasteiger partial charge < -0.3 is 14.2 Å². The Bertz CT molecular complexity index is 1470. The fourth-order valence-corrected chi connectivity index (χ4v) is 10.8. The summed E-state index contributed by atoms with van der Waals surface area (Å²) in [6.07, 6.45) is 13.8. The lowest BCUT2D eigenvalue weighted by molar-refractivity contribution is 0.414. The van der Waals surface area contributed by atoms with Gasteiger partial charge in [0, 0.05) is 14.7 Å². The zero-order valence-electron chi connectivity index (χ0n) is 28.3. The summed E-state index contributed by atoms with van der Waals surface area (Å²) < 4.78 is 51.2. The summed E-state index contributed by atoms with van der Waals surface area (Å²) in [6, 6.07) is 29.3. The van der Waals surface area contributed by atoms with Gasteiger partial charge in [0.2, 0.25) is 0 Å². The molecule has 0 spiro atoms. The van der Waals surface area contributed by atoms with Gasteiger partial charge in [0.25, 0.3) is 0 Å². The van der Waals surface area contributed by atoms with Crippen LogP contribution >= 0.6 is 10.3 Å². The van der Waals surface area contributed by atoms with Crippen LogP contribution in [0.25, 0.3) is 0 Å². The van der Waals surface area contributed by atoms with Crippen molar-refractivity contribution in [2.75, 3.05) is 21.3 Å². The molecule has 47 heavy (non-hydrogen) atoms. The predicted octanol–water partition coefficient (Wildman–Crippen LogP) is 10.8. The number of methoxy groups -OCH3 is 3. The molecular weight excluding hydrogens is 629 g/mol. The summed E-state index contributed by atoms with van der Waals surface area (Å²) in [6.45, 7) is 2.25. The van der Waals surface area contributed by atoms with Crippen LogP contribution in [0.5, 0.6) is 17.2 Å². The van der Waals surface area contributed by atoms with Crippen molar-refractivity contribution in [1.82, 2.24) is 0 Å². The number of aryl methyl sites for hydroxylation is 1. The SMILES string of the molecule is CCCCCCCCCCCCc1ccc(S(=O)(=O)OS(c2ccc(OC)cc2)(c2ccc(OC)cc2)c2ccc(OC)cc2)cc1. The van der Waals surface area contributed by atoms with E-state index in [0.29, 0.717) is 31.9 Å². The van der Waals surface area contributed by atoms with Gasteiger partial charge in [0.1, 0.15) is 17.2 Å². The summed E-state index contributed by atoms with van der Waals surface area (Å²) in [7, 11) is -2.24. The maximum absolute atomic E-state index is 14.2. The van der Waals surface area contributed by atoms with Gasteiger partial charge >= 0.3 is 10.1 Å². The number of hydrogen-bond donors (Lipinski definition) is 0. The van der Waals surface area contributed by atoms with Gasteiger partial charge in [-0.1, -0.05) is 76.8 Å². The van der Waals surface area contributed by atoms with E-state index in [2.05, 4.69) is 6.92 Å². The lowest BCUT2D eigenvalue weighted by Crippen LogP contribution is -2.14. The van der Waals surface area contributed by atoms with Crippen molar-refractivity contribution in [3.05, 3.63) is 103 Å². The van der Waals surface area contributed by atoms with Gasteiger partial charge in [-0.05, 0) is 114 Å². The van der Waals surface area contributed by atoms with Gasteiger partial charge in [0.15, 0.2) is 0 Å². The van der Waals surface area contributed by atoms with Gasteiger partial charge in [-0.15, -0.1) is 0 Å². The van der Waals surface area contributed by atoms with Crippen molar-refractivity contribution in [2.45, 2.75) is 97.1 Å². The first kappa shape index (κ1) is 36.4. The van der Waals surface area contributed by atoms with E-state index in [1.807, 2.05) is 84.9 Å². The second-order valence-corrected chi connectivity index (χ2v) is 16.1. The van der Waals surface area contributed by atoms with Crippen LogP contribution in [0.4, 0.5) is 0 Å². The molecule has 4 aromatic carbocycles. The number of ether oxygens (including phenoxy) is 3. The number of hydrogen-bond acceptors (Lipinski definition) is 6. The summed E-state index contributed by atoms with van der Waals surface area (Å²) >= 11 is 0. The predicted molar refractivity (Wildman–Crippen MR) is 192 cm³/mol. The molecule has 4 rings (SSSR count). The highest BCUT2D eigenvalue weighted by molar-refractivity contribution is 8.33. The molecule has 0 unspecified atom stereocenters. The molecule has 0 aromatic heterocycles. The van der Waals surface area contributed by atoms with Crippen LogP contribution < -0.4 is 14.2 Å². The Hall–Kier alpha value is -3.46. The van der Waals surface area contributed by atoms with E-state index in [-0.39, 0.29) is 4.90 Å². The molecule has 0 fully saturated rings. The molecular formula is C39H50O6S2. The Labute approximate surface area is 284 Å². The molecule has 0 radical (unpaired) electrons. The van der Waals surface area contributed by atoms with Crippen LogP contribution in [-0.2, 0) is 20.2 Å². The highest BCUT2D eigenvalue weighted by Crippen LogP contribution is 2.70. The lowest BCUT2D eigenvalue weighted by Gasteiger charge is -2.39. The van der Waals surface area contributed by atoms with Crippen molar-refractivity contribution < 1.29 is 26.3 Å². The largest absolute Gasteiger partial charge is 0.497 e. The summed E-state index contributed by atoms with van der Waals surface area (Å²) in [5, 5.41) is 0. The fraction of sp³-hybridized carbons (Fsp3) is 0.385. The van der Waals surface area contributed by atoms with Gasteiger partial charge in [0.05, 0.1) is 26.2 Å². The zero-order chi connectivity index (χ0) is 33.5. The fourth-order valence-electron chi connectivity index (χ4n) is 5.64. The summed E-state index contributed by atoms with van der Waals surface area (Å²) in [5.41, 5.74) is 1.13. The van der Waals surface area contributed by atoms with Crippen LogP contribution in [0.3, 0.4) is 0 Å². The molecule has 0 aliphatic heterocycles. The molecule has 0 aliphatic rings. The summed E-state index contributed by atoms with van der Waals surface area (Å²) in [4.78, 5) is 2.23. The second kappa shape index (κ2) is 18.2. The molecule has 6 nitrogen and oxygen atoms in total. The summed E-state index contributed by atoms with van der Waals surface area (Å²) in [5.74, 6) is 1.98. The molecule has 4 aromatic rings. The van der Waals surface area contributed by atoms with Crippen molar-refractivity contribution in [1.29, 1.82) is 0 Å². The molecule has 0 bridgehead atoms. The molecule has 0 aliphatic carbocycles. The van der Waals surface area contributed by atoms with Crippen molar-refractivity contribution in [3.63, 3.8) is 0 Å². The maximum Gasteiger partial charge on any atom is 0.307 e. The Balaban J connectivity index is 1.58. The third kappa shape index (κ3) is 9.78. The Morgan fingerprint density at radius 1 is 0.447 bits per heavy atom. The van der Waals surface area contributed by atoms with Crippen LogP contribution in [0, 0.1) is 0 Å². The number of rotatable bonds is 20. The Morgan fingerprint density at radius 3 is 1.15 bits per heavy atom. The van der Waals surface area contributed by atoms with E-state index in [1.54, 1.807) is 33.5 Å². The quantitative estimate of drug-likeness (QED) is 0.0867. The van der Waals surface area contributed by atoms with Gasteiger partial charge in [-0.2, -0.15) is 8.42 Å². The van der Waals surface area contributed by atoms with E-state index in [0.717, 1.165) is 18.4 Å². The van der Waals surface area contributed by atoms with E-state index in [9.17, 15) is 8.42 Å². The third-order valence-corrected chi connectivity index (χ3v) is 13.6. The molecule has 0 saturated carbocycles. The van der Waals surface area contributed by atoms with Gasteiger partial charge in [-0.25, -0.2) is 3.63 Å². The molecule has 0 amide bonds. The van der Waals surface area contributed by atoms with E-state index >= 15 is 0 Å². The minimum atomic E-state index is -4.23. The van der Waals surface area contributed by atoms with Crippen LogP contribution in [0.1, 0.15) is 76.7 Å². The van der Waals surface area contributed by atoms with Gasteiger partial charge in [-0.3, -0.25) is 0 Å². The average molecular weight is 679 g/mol. The molecule has 0 N–H and O–H groups in total. The van der Waals surface area contributed by atoms with Crippen LogP contribution in [0.2, 0.25) is 0 Å². The number of unbranched alkanes of at least 4 members (excludes halogenated alkanes) is 9. The van der Waals surface area contributed by atoms with E-state index < -0.39 is 20.4 Å². The molecule has 0 heterocycles. The smallest absolute Gasteiger partial charge is 0.307 e. The maximum atomic E-state index is 14.2. The monoisotopic (exact) mass is 678 g/mol. The first-order valence-corrected chi connectivity index (χ1v) is 19.6. The molecule has 0 atom stereocenters. The van der Waals surface area contributed by atoms with E-state index in [1.165, 1.54) is 57.8 Å². The molecule has 254 valence electrons. The average Bonchev–Trinajstić information content (AvgIpc) is 3.12. The highest BCUT2D eigenvalue weighted by atomic mass is 32.3. The molecule has 8 heteroatoms. The first-order valence-electron chi connectivity index (χ1n) is 16.7. The Morgan fingerprint density at radius 2 is 0.787 bits per heavy atom. The van der Waals surface area contributed by atoms with Crippen molar-refractivity contribution >= 4 is 20.4 Å². The Kier molecular flexibility index (Phi) is 14.1. The third-order valence-electron chi connectivity index (χ3n) is 8.40. The van der Waals surface area contributed by atoms with Crippen LogP contribution in [0.15, 0.2) is 117 Å². The topological polar surface area (TPSA) is 71.1 Å². The normalized spacial score (nSPS) is 12.1. The second-order valence-electron chi connectivity index (χ2n) is 11.7. The van der Waals surface area contributed by atoms with Crippen molar-refractivity contribution in [2.24, 2.45) is 0 Å². The minimum absolute atomic E-state index is 0.122. The standard InChI is InChI=1S/C39H50O6S2/c1-5-6-7-8-9-10-11-12-13-14-15-32-16-24-39(25-17-32)47(40,41)45-46(36-26-18-33(42-2)19-27-36,37-28-20-34(43-3)21-29-37)38-30-22-35(44-4)23-31-38/h16-31H,5-15H2,1-4H3. The highest BCUT2D eigenvalue weighted by Gasteiger charge is 2.38.